The molecule has 0 radical (unpaired) electrons. The molecule has 2 aromatic rings. The topological polar surface area (TPSA) is 68.0 Å². The highest BCUT2D eigenvalue weighted by Gasteiger charge is 2.34. The molecule has 1 aliphatic rings. The summed E-state index contributed by atoms with van der Waals surface area (Å²) in [6, 6.07) is 4.41. The molecular weight excluding hydrogens is 317 g/mol. The van der Waals surface area contributed by atoms with Crippen molar-refractivity contribution in [2.45, 2.75) is 18.8 Å². The molecule has 0 saturated heterocycles. The summed E-state index contributed by atoms with van der Waals surface area (Å²) in [6.45, 7) is 0. The molecule has 7 heteroatoms. The van der Waals surface area contributed by atoms with Crippen LogP contribution < -0.4 is 0 Å². The lowest BCUT2D eigenvalue weighted by Gasteiger charge is -2.06. The zero-order valence-corrected chi connectivity index (χ0v) is 11.3. The molecule has 1 aliphatic carbocycles. The first-order chi connectivity index (χ1) is 9.08. The fourth-order valence-corrected chi connectivity index (χ4v) is 2.34. The van der Waals surface area contributed by atoms with Crippen molar-refractivity contribution >= 4 is 21.9 Å². The van der Waals surface area contributed by atoms with E-state index < -0.39 is 5.97 Å². The molecule has 5 nitrogen and oxygen atoms in total. The minimum Gasteiger partial charge on any atom is -0.476 e. The smallest absolute Gasteiger partial charge is 0.358 e. The Morgan fingerprint density at radius 3 is 2.79 bits per heavy atom. The lowest BCUT2D eigenvalue weighted by atomic mass is 10.2. The van der Waals surface area contributed by atoms with Gasteiger partial charge in [-0.3, -0.25) is 0 Å². The van der Waals surface area contributed by atoms with Crippen molar-refractivity contribution in [3.8, 4) is 5.69 Å². The van der Waals surface area contributed by atoms with Crippen molar-refractivity contribution in [2.75, 3.05) is 0 Å². The van der Waals surface area contributed by atoms with Gasteiger partial charge in [-0.25, -0.2) is 13.9 Å². The zero-order valence-electron chi connectivity index (χ0n) is 9.68. The molecule has 3 rings (SSSR count). The molecule has 1 aromatic heterocycles. The number of halogens is 2. The first-order valence-corrected chi connectivity index (χ1v) is 6.51. The Morgan fingerprint density at radius 1 is 1.47 bits per heavy atom. The van der Waals surface area contributed by atoms with Crippen molar-refractivity contribution in [3.05, 3.63) is 39.9 Å². The maximum absolute atomic E-state index is 13.2. The number of carboxylic acid groups (broad SMARTS) is 1. The van der Waals surface area contributed by atoms with Gasteiger partial charge in [0.25, 0.3) is 0 Å². The lowest BCUT2D eigenvalue weighted by Crippen LogP contribution is -2.06. The fourth-order valence-electron chi connectivity index (χ4n) is 1.97. The second-order valence-corrected chi connectivity index (χ2v) is 5.27. The fraction of sp³-hybridized carbons (Fsp3) is 0.250. The molecule has 1 aromatic carbocycles. The van der Waals surface area contributed by atoms with Gasteiger partial charge < -0.3 is 5.11 Å². The summed E-state index contributed by atoms with van der Waals surface area (Å²) >= 11 is 3.10. The van der Waals surface area contributed by atoms with Crippen LogP contribution >= 0.6 is 15.9 Å². The molecular formula is C12H9BrFN3O2. The summed E-state index contributed by atoms with van der Waals surface area (Å²) in [5, 5.41) is 16.7. The quantitative estimate of drug-likeness (QED) is 0.942. The number of hydrogen-bond donors (Lipinski definition) is 1. The Morgan fingerprint density at radius 2 is 2.21 bits per heavy atom. The van der Waals surface area contributed by atoms with Crippen LogP contribution in [0.2, 0.25) is 0 Å². The highest BCUT2D eigenvalue weighted by atomic mass is 79.9. The lowest BCUT2D eigenvalue weighted by molar-refractivity contribution is 0.0689. The number of carbonyl (C=O) groups is 1. The molecule has 0 unspecified atom stereocenters. The van der Waals surface area contributed by atoms with Crippen LogP contribution in [-0.2, 0) is 0 Å². The Bertz CT molecular complexity index is 667. The standard InChI is InChI=1S/C12H9BrFN3O2/c13-8-5-7(3-4-9(8)14)17-11(6-1-2-6)10(12(18)19)15-16-17/h3-6H,1-2H2,(H,18,19). The van der Waals surface area contributed by atoms with E-state index in [1.807, 2.05) is 0 Å². The minimum absolute atomic E-state index is 0.0250. The van der Waals surface area contributed by atoms with E-state index in [1.54, 1.807) is 12.1 Å². The first-order valence-electron chi connectivity index (χ1n) is 5.72. The van der Waals surface area contributed by atoms with Crippen molar-refractivity contribution < 1.29 is 14.3 Å². The molecule has 0 atom stereocenters. The third kappa shape index (κ3) is 2.14. The third-order valence-corrected chi connectivity index (χ3v) is 3.63. The average molecular weight is 326 g/mol. The van der Waals surface area contributed by atoms with Gasteiger partial charge in [-0.05, 0) is 47.0 Å². The van der Waals surface area contributed by atoms with Gasteiger partial charge in [-0.2, -0.15) is 0 Å². The van der Waals surface area contributed by atoms with E-state index >= 15 is 0 Å². The second-order valence-electron chi connectivity index (χ2n) is 4.41. The second kappa shape index (κ2) is 4.41. The van der Waals surface area contributed by atoms with Crippen LogP contribution in [0.15, 0.2) is 22.7 Å². The molecule has 0 bridgehead atoms. The summed E-state index contributed by atoms with van der Waals surface area (Å²) in [6.07, 6.45) is 1.85. The highest BCUT2D eigenvalue weighted by Crippen LogP contribution is 2.42. The van der Waals surface area contributed by atoms with Crippen molar-refractivity contribution in [2.24, 2.45) is 0 Å². The number of carboxylic acids is 1. The molecule has 1 saturated carbocycles. The largest absolute Gasteiger partial charge is 0.476 e. The Balaban J connectivity index is 2.14. The summed E-state index contributed by atoms with van der Waals surface area (Å²) in [5.41, 5.74) is 1.16. The van der Waals surface area contributed by atoms with Crippen LogP contribution in [-0.4, -0.2) is 26.1 Å². The summed E-state index contributed by atoms with van der Waals surface area (Å²) in [5.74, 6) is -1.30. The predicted molar refractivity (Wildman–Crippen MR) is 68.0 cm³/mol. The predicted octanol–water partition coefficient (Wildman–Crippen LogP) is 2.74. The number of nitrogens with zero attached hydrogens (tertiary/aromatic N) is 3. The van der Waals surface area contributed by atoms with Crippen molar-refractivity contribution in [3.63, 3.8) is 0 Å². The van der Waals surface area contributed by atoms with Gasteiger partial charge in [0.15, 0.2) is 5.69 Å². The molecule has 0 aliphatic heterocycles. The minimum atomic E-state index is -1.09. The zero-order chi connectivity index (χ0) is 13.6. The van der Waals surface area contributed by atoms with E-state index in [9.17, 15) is 9.18 Å². The Kier molecular flexibility index (Phi) is 2.85. The van der Waals surface area contributed by atoms with Crippen LogP contribution in [0.5, 0.6) is 0 Å². The van der Waals surface area contributed by atoms with Gasteiger partial charge in [-0.1, -0.05) is 5.21 Å². The molecule has 19 heavy (non-hydrogen) atoms. The van der Waals surface area contributed by atoms with Gasteiger partial charge >= 0.3 is 5.97 Å². The molecule has 0 amide bonds. The van der Waals surface area contributed by atoms with E-state index in [2.05, 4.69) is 26.2 Å². The van der Waals surface area contributed by atoms with Crippen LogP contribution in [0.1, 0.15) is 34.9 Å². The molecule has 1 heterocycles. The monoisotopic (exact) mass is 325 g/mol. The normalized spacial score (nSPS) is 14.6. The first kappa shape index (κ1) is 12.3. The van der Waals surface area contributed by atoms with E-state index in [-0.39, 0.29) is 17.4 Å². The van der Waals surface area contributed by atoms with Crippen LogP contribution in [0.3, 0.4) is 0 Å². The van der Waals surface area contributed by atoms with Gasteiger partial charge in [0.2, 0.25) is 0 Å². The van der Waals surface area contributed by atoms with E-state index in [4.69, 9.17) is 5.11 Å². The third-order valence-electron chi connectivity index (χ3n) is 3.02. The summed E-state index contributed by atoms with van der Waals surface area (Å²) < 4.78 is 15.0. The summed E-state index contributed by atoms with van der Waals surface area (Å²) in [4.78, 5) is 11.1. The number of aromatic carboxylic acids is 1. The average Bonchev–Trinajstić information content (AvgIpc) is 3.11. The molecule has 1 fully saturated rings. The van der Waals surface area contributed by atoms with Gasteiger partial charge in [0, 0.05) is 5.92 Å². The Hall–Kier alpha value is -1.76. The van der Waals surface area contributed by atoms with Gasteiger partial charge in [-0.15, -0.1) is 5.10 Å². The number of rotatable bonds is 3. The van der Waals surface area contributed by atoms with Crippen LogP contribution in [0.25, 0.3) is 5.69 Å². The number of benzene rings is 1. The molecule has 98 valence electrons. The van der Waals surface area contributed by atoms with Crippen molar-refractivity contribution in [1.82, 2.24) is 15.0 Å². The van der Waals surface area contributed by atoms with Crippen molar-refractivity contribution in [1.29, 1.82) is 0 Å². The van der Waals surface area contributed by atoms with Gasteiger partial charge in [0.1, 0.15) is 5.82 Å². The van der Waals surface area contributed by atoms with Gasteiger partial charge in [0.05, 0.1) is 15.9 Å². The molecule has 0 spiro atoms. The maximum Gasteiger partial charge on any atom is 0.358 e. The van der Waals surface area contributed by atoms with Crippen LogP contribution in [0.4, 0.5) is 4.39 Å². The summed E-state index contributed by atoms with van der Waals surface area (Å²) in [7, 11) is 0. The number of hydrogen-bond acceptors (Lipinski definition) is 3. The number of aromatic nitrogens is 3. The SMILES string of the molecule is O=C(O)c1nnn(-c2ccc(F)c(Br)c2)c1C1CC1. The highest BCUT2D eigenvalue weighted by molar-refractivity contribution is 9.10. The molecule has 1 N–H and O–H groups in total. The van der Waals surface area contributed by atoms with E-state index in [1.165, 1.54) is 10.7 Å². The Labute approximate surface area is 116 Å². The van der Waals surface area contributed by atoms with Crippen LogP contribution in [0, 0.1) is 5.82 Å². The maximum atomic E-state index is 13.2. The van der Waals surface area contributed by atoms with E-state index in [0.29, 0.717) is 15.9 Å². The van der Waals surface area contributed by atoms with E-state index in [0.717, 1.165) is 12.8 Å².